The lowest BCUT2D eigenvalue weighted by Gasteiger charge is -2.02. The summed E-state index contributed by atoms with van der Waals surface area (Å²) in [6.07, 6.45) is 0. The van der Waals surface area contributed by atoms with Crippen LogP contribution < -0.4 is 5.76 Å². The molecule has 0 fully saturated rings. The Kier molecular flexibility index (Phi) is 3.31. The van der Waals surface area contributed by atoms with Crippen molar-refractivity contribution >= 4 is 16.9 Å². The molecule has 0 saturated heterocycles. The first-order valence-corrected chi connectivity index (χ1v) is 6.41. The van der Waals surface area contributed by atoms with E-state index in [1.165, 1.54) is 36.4 Å². The van der Waals surface area contributed by atoms with Crippen LogP contribution in [0.15, 0.2) is 51.7 Å². The molecule has 5 nitrogen and oxygen atoms in total. The molecule has 0 saturated carbocycles. The molecule has 22 heavy (non-hydrogen) atoms. The number of hydrogen-bond donors (Lipinski definition) is 0. The van der Waals surface area contributed by atoms with Crippen LogP contribution in [-0.4, -0.2) is 10.4 Å². The lowest BCUT2D eigenvalue weighted by molar-refractivity contribution is 0.103. The SMILES string of the molecule is N#CCn1c(=O)oc2cc(C(=O)c3ccccc3F)ccc21. The Hall–Kier alpha value is -3.20. The van der Waals surface area contributed by atoms with Crippen LogP contribution in [0.2, 0.25) is 0 Å². The second kappa shape index (κ2) is 5.30. The molecule has 3 aromatic rings. The predicted molar refractivity (Wildman–Crippen MR) is 75.9 cm³/mol. The van der Waals surface area contributed by atoms with E-state index < -0.39 is 17.4 Å². The molecule has 0 unspecified atom stereocenters. The van der Waals surface area contributed by atoms with E-state index in [4.69, 9.17) is 9.68 Å². The van der Waals surface area contributed by atoms with Crippen molar-refractivity contribution in [1.29, 1.82) is 5.26 Å². The van der Waals surface area contributed by atoms with Crippen molar-refractivity contribution in [3.63, 3.8) is 0 Å². The summed E-state index contributed by atoms with van der Waals surface area (Å²) >= 11 is 0. The first-order chi connectivity index (χ1) is 10.6. The Morgan fingerprint density at radius 3 is 2.77 bits per heavy atom. The molecule has 0 aliphatic carbocycles. The summed E-state index contributed by atoms with van der Waals surface area (Å²) in [5.74, 6) is -1.79. The third-order valence-electron chi connectivity index (χ3n) is 3.28. The minimum absolute atomic E-state index is 0.0549. The lowest BCUT2D eigenvalue weighted by Crippen LogP contribution is -2.12. The van der Waals surface area contributed by atoms with Crippen molar-refractivity contribution in [2.45, 2.75) is 6.54 Å². The van der Waals surface area contributed by atoms with Gasteiger partial charge < -0.3 is 4.42 Å². The zero-order valence-corrected chi connectivity index (χ0v) is 11.2. The molecule has 0 N–H and O–H groups in total. The molecule has 0 atom stereocenters. The summed E-state index contributed by atoms with van der Waals surface area (Å²) in [7, 11) is 0. The zero-order chi connectivity index (χ0) is 15.7. The molecule has 2 aromatic carbocycles. The van der Waals surface area contributed by atoms with Crippen LogP contribution in [0.1, 0.15) is 15.9 Å². The summed E-state index contributed by atoms with van der Waals surface area (Å²) < 4.78 is 19.9. The monoisotopic (exact) mass is 296 g/mol. The highest BCUT2D eigenvalue weighted by atomic mass is 19.1. The number of nitriles is 1. The van der Waals surface area contributed by atoms with Gasteiger partial charge in [-0.15, -0.1) is 0 Å². The molecule has 0 radical (unpaired) electrons. The summed E-state index contributed by atoms with van der Waals surface area (Å²) in [6, 6.07) is 11.9. The Morgan fingerprint density at radius 2 is 2.05 bits per heavy atom. The predicted octanol–water partition coefficient (Wildman–Crippen LogP) is 2.49. The molecule has 1 heterocycles. The number of fused-ring (bicyclic) bond motifs is 1. The summed E-state index contributed by atoms with van der Waals surface area (Å²) in [6.45, 7) is -0.146. The smallest absolute Gasteiger partial charge is 0.408 e. The Balaban J connectivity index is 2.10. The maximum Gasteiger partial charge on any atom is 0.420 e. The normalized spacial score (nSPS) is 10.5. The van der Waals surface area contributed by atoms with E-state index in [0.29, 0.717) is 5.52 Å². The molecule has 3 rings (SSSR count). The second-order valence-corrected chi connectivity index (χ2v) is 4.60. The molecule has 0 spiro atoms. The van der Waals surface area contributed by atoms with Crippen molar-refractivity contribution in [2.75, 3.05) is 0 Å². The van der Waals surface area contributed by atoms with Gasteiger partial charge in [-0.25, -0.2) is 9.18 Å². The van der Waals surface area contributed by atoms with Gasteiger partial charge in [-0.05, 0) is 30.3 Å². The zero-order valence-electron chi connectivity index (χ0n) is 11.2. The van der Waals surface area contributed by atoms with Gasteiger partial charge in [-0.2, -0.15) is 5.26 Å². The van der Waals surface area contributed by atoms with Crippen LogP contribution >= 0.6 is 0 Å². The quantitative estimate of drug-likeness (QED) is 0.696. The van der Waals surface area contributed by atoms with Gasteiger partial charge in [-0.3, -0.25) is 9.36 Å². The van der Waals surface area contributed by atoms with Crippen molar-refractivity contribution in [2.24, 2.45) is 0 Å². The number of ketones is 1. The third-order valence-corrected chi connectivity index (χ3v) is 3.28. The van der Waals surface area contributed by atoms with Gasteiger partial charge in [0, 0.05) is 5.56 Å². The van der Waals surface area contributed by atoms with Crippen molar-refractivity contribution in [3.8, 4) is 6.07 Å². The van der Waals surface area contributed by atoms with Gasteiger partial charge in [0.25, 0.3) is 0 Å². The standard InChI is InChI=1S/C16H9FN2O3/c17-12-4-2-1-3-11(12)15(20)10-5-6-13-14(9-10)22-16(21)19(13)8-7-18/h1-6,9H,8H2. The summed E-state index contributed by atoms with van der Waals surface area (Å²) in [5.41, 5.74) is 0.746. The van der Waals surface area contributed by atoms with Gasteiger partial charge in [0.2, 0.25) is 0 Å². The Bertz CT molecular complexity index is 979. The number of rotatable bonds is 3. The molecule has 0 bridgehead atoms. The van der Waals surface area contributed by atoms with E-state index in [1.54, 1.807) is 6.07 Å². The topological polar surface area (TPSA) is 76.0 Å². The fourth-order valence-electron chi connectivity index (χ4n) is 2.23. The van der Waals surface area contributed by atoms with Gasteiger partial charge in [-0.1, -0.05) is 12.1 Å². The largest absolute Gasteiger partial charge is 0.420 e. The van der Waals surface area contributed by atoms with Gasteiger partial charge in [0.1, 0.15) is 12.4 Å². The molecule has 108 valence electrons. The maximum absolute atomic E-state index is 13.7. The van der Waals surface area contributed by atoms with Crippen LogP contribution in [0.25, 0.3) is 11.1 Å². The van der Waals surface area contributed by atoms with E-state index in [0.717, 1.165) is 4.57 Å². The van der Waals surface area contributed by atoms with E-state index in [1.807, 2.05) is 6.07 Å². The molecular formula is C16H9FN2O3. The highest BCUT2D eigenvalue weighted by molar-refractivity contribution is 6.10. The van der Waals surface area contributed by atoms with Crippen molar-refractivity contribution in [3.05, 3.63) is 70.0 Å². The van der Waals surface area contributed by atoms with E-state index in [-0.39, 0.29) is 23.3 Å². The average molecular weight is 296 g/mol. The highest BCUT2D eigenvalue weighted by Crippen LogP contribution is 2.19. The van der Waals surface area contributed by atoms with E-state index in [9.17, 15) is 14.0 Å². The fraction of sp³-hybridized carbons (Fsp3) is 0.0625. The van der Waals surface area contributed by atoms with Gasteiger partial charge in [0.15, 0.2) is 11.4 Å². The Labute approximate surface area is 123 Å². The van der Waals surface area contributed by atoms with Crippen LogP contribution in [0.5, 0.6) is 0 Å². The highest BCUT2D eigenvalue weighted by Gasteiger charge is 2.16. The number of aromatic nitrogens is 1. The number of carbonyl (C=O) groups excluding carboxylic acids is 1. The molecule has 0 aliphatic rings. The van der Waals surface area contributed by atoms with Crippen LogP contribution in [0.3, 0.4) is 0 Å². The van der Waals surface area contributed by atoms with E-state index >= 15 is 0 Å². The first-order valence-electron chi connectivity index (χ1n) is 6.41. The molecule has 1 aromatic heterocycles. The van der Waals surface area contributed by atoms with Crippen LogP contribution in [-0.2, 0) is 6.54 Å². The number of benzene rings is 2. The maximum atomic E-state index is 13.7. The summed E-state index contributed by atoms with van der Waals surface area (Å²) in [4.78, 5) is 23.9. The second-order valence-electron chi connectivity index (χ2n) is 4.60. The molecule has 0 aliphatic heterocycles. The number of hydrogen-bond acceptors (Lipinski definition) is 4. The first kappa shape index (κ1) is 13.8. The van der Waals surface area contributed by atoms with Gasteiger partial charge >= 0.3 is 5.76 Å². The van der Waals surface area contributed by atoms with Crippen LogP contribution in [0, 0.1) is 17.1 Å². The average Bonchev–Trinajstić information content (AvgIpc) is 2.83. The molecule has 0 amide bonds. The lowest BCUT2D eigenvalue weighted by atomic mass is 10.0. The van der Waals surface area contributed by atoms with Crippen LogP contribution in [0.4, 0.5) is 4.39 Å². The minimum Gasteiger partial charge on any atom is -0.408 e. The number of halogens is 1. The van der Waals surface area contributed by atoms with E-state index in [2.05, 4.69) is 0 Å². The fourth-order valence-corrected chi connectivity index (χ4v) is 2.23. The number of oxazole rings is 1. The van der Waals surface area contributed by atoms with Gasteiger partial charge in [0.05, 0.1) is 17.1 Å². The summed E-state index contributed by atoms with van der Waals surface area (Å²) in [5, 5.41) is 8.70. The van der Waals surface area contributed by atoms with Crippen molar-refractivity contribution < 1.29 is 13.6 Å². The van der Waals surface area contributed by atoms with Crippen molar-refractivity contribution in [1.82, 2.24) is 4.57 Å². The third kappa shape index (κ3) is 2.19. The molecular weight excluding hydrogens is 287 g/mol. The number of carbonyl (C=O) groups is 1. The minimum atomic E-state index is -0.674. The Morgan fingerprint density at radius 1 is 1.27 bits per heavy atom. The number of nitrogens with zero attached hydrogens (tertiary/aromatic N) is 2. The molecule has 6 heteroatoms.